The fourth-order valence-electron chi connectivity index (χ4n) is 2.97. The molecule has 0 unspecified atom stereocenters. The number of para-hydroxylation sites is 1. The van der Waals surface area contributed by atoms with E-state index in [-0.39, 0.29) is 17.2 Å². The standard InChI is InChI=1S/C20H17BrIN3O2/c21-16-11-14(19(26)18(22)12-16)10-15(13-23)20(27)25-8-6-24(7-9-25)17-4-2-1-3-5-17/h1-5,10-12,26H,6-9H2/b15-10+. The van der Waals surface area contributed by atoms with E-state index in [4.69, 9.17) is 0 Å². The molecule has 0 spiro atoms. The number of amides is 1. The summed E-state index contributed by atoms with van der Waals surface area (Å²) in [6, 6.07) is 15.5. The second-order valence-corrected chi connectivity index (χ2v) is 8.19. The molecule has 1 N–H and O–H groups in total. The zero-order valence-corrected chi connectivity index (χ0v) is 18.1. The Balaban J connectivity index is 1.74. The quantitative estimate of drug-likeness (QED) is 0.365. The largest absolute Gasteiger partial charge is 0.506 e. The van der Waals surface area contributed by atoms with Crippen molar-refractivity contribution in [1.29, 1.82) is 5.26 Å². The lowest BCUT2D eigenvalue weighted by atomic mass is 10.1. The van der Waals surface area contributed by atoms with Crippen LogP contribution in [0.5, 0.6) is 5.75 Å². The minimum atomic E-state index is -0.306. The second-order valence-electron chi connectivity index (χ2n) is 6.11. The van der Waals surface area contributed by atoms with E-state index in [1.54, 1.807) is 17.0 Å². The SMILES string of the molecule is N#C/C(=C\c1cc(Br)cc(I)c1O)C(=O)N1CCN(c2ccccc2)CC1. The van der Waals surface area contributed by atoms with Gasteiger partial charge in [-0.05, 0) is 52.9 Å². The van der Waals surface area contributed by atoms with Crippen LogP contribution in [0, 0.1) is 14.9 Å². The van der Waals surface area contributed by atoms with Crippen molar-refractivity contribution in [2.45, 2.75) is 0 Å². The van der Waals surface area contributed by atoms with Crippen LogP contribution in [0.25, 0.3) is 6.08 Å². The van der Waals surface area contributed by atoms with E-state index < -0.39 is 0 Å². The number of hydrogen-bond donors (Lipinski definition) is 1. The van der Waals surface area contributed by atoms with Gasteiger partial charge < -0.3 is 14.9 Å². The number of phenolic OH excluding ortho intramolecular Hbond substituents is 1. The number of benzene rings is 2. The average molecular weight is 538 g/mol. The van der Waals surface area contributed by atoms with Crippen LogP contribution >= 0.6 is 38.5 Å². The maximum absolute atomic E-state index is 12.8. The highest BCUT2D eigenvalue weighted by molar-refractivity contribution is 14.1. The second kappa shape index (κ2) is 8.76. The van der Waals surface area contributed by atoms with Crippen molar-refractivity contribution in [3.63, 3.8) is 0 Å². The van der Waals surface area contributed by atoms with E-state index in [2.05, 4.69) is 33.0 Å². The molecular formula is C20H17BrIN3O2. The first kappa shape index (κ1) is 19.7. The van der Waals surface area contributed by atoms with Crippen molar-refractivity contribution >= 4 is 56.2 Å². The Morgan fingerprint density at radius 2 is 1.85 bits per heavy atom. The molecule has 3 rings (SSSR count). The molecule has 0 saturated carbocycles. The van der Waals surface area contributed by atoms with Crippen molar-refractivity contribution in [2.75, 3.05) is 31.1 Å². The van der Waals surface area contributed by atoms with Crippen LogP contribution in [-0.2, 0) is 4.79 Å². The Kier molecular flexibility index (Phi) is 6.39. The number of halogens is 2. The summed E-state index contributed by atoms with van der Waals surface area (Å²) >= 11 is 5.38. The van der Waals surface area contributed by atoms with Gasteiger partial charge in [0.2, 0.25) is 0 Å². The smallest absolute Gasteiger partial charge is 0.264 e. The number of phenols is 1. The number of nitriles is 1. The van der Waals surface area contributed by atoms with Gasteiger partial charge in [0, 0.05) is 41.9 Å². The Hall–Kier alpha value is -2.05. The fraction of sp³-hybridized carbons (Fsp3) is 0.200. The van der Waals surface area contributed by atoms with Gasteiger partial charge >= 0.3 is 0 Å². The van der Waals surface area contributed by atoms with Gasteiger partial charge in [-0.3, -0.25) is 4.79 Å². The number of anilines is 1. The van der Waals surface area contributed by atoms with Gasteiger partial charge in [-0.15, -0.1) is 0 Å². The van der Waals surface area contributed by atoms with Crippen molar-refractivity contribution in [3.8, 4) is 11.8 Å². The van der Waals surface area contributed by atoms with Crippen LogP contribution in [0.2, 0.25) is 0 Å². The first-order chi connectivity index (χ1) is 13.0. The van der Waals surface area contributed by atoms with E-state index in [1.807, 2.05) is 46.9 Å². The number of carbonyl (C=O) groups excluding carboxylic acids is 1. The lowest BCUT2D eigenvalue weighted by Gasteiger charge is -2.36. The topological polar surface area (TPSA) is 67.6 Å². The molecule has 1 saturated heterocycles. The summed E-state index contributed by atoms with van der Waals surface area (Å²) in [6.07, 6.45) is 1.45. The molecule has 138 valence electrons. The summed E-state index contributed by atoms with van der Waals surface area (Å²) in [5, 5.41) is 19.7. The van der Waals surface area contributed by atoms with Crippen LogP contribution in [-0.4, -0.2) is 42.1 Å². The number of nitrogens with zero attached hydrogens (tertiary/aromatic N) is 3. The van der Waals surface area contributed by atoms with Gasteiger partial charge in [0.25, 0.3) is 5.91 Å². The van der Waals surface area contributed by atoms with Crippen molar-refractivity contribution in [1.82, 2.24) is 4.90 Å². The highest BCUT2D eigenvalue weighted by Gasteiger charge is 2.24. The number of carbonyl (C=O) groups is 1. The molecule has 1 fully saturated rings. The molecule has 5 nitrogen and oxygen atoms in total. The molecule has 1 heterocycles. The normalized spacial score (nSPS) is 14.8. The molecule has 0 aromatic heterocycles. The van der Waals surface area contributed by atoms with Gasteiger partial charge in [0.1, 0.15) is 17.4 Å². The molecule has 1 aliphatic heterocycles. The highest BCUT2D eigenvalue weighted by Crippen LogP contribution is 2.30. The minimum Gasteiger partial charge on any atom is -0.506 e. The van der Waals surface area contributed by atoms with Gasteiger partial charge in [-0.1, -0.05) is 34.1 Å². The summed E-state index contributed by atoms with van der Waals surface area (Å²) in [5.41, 5.74) is 1.60. The van der Waals surface area contributed by atoms with Gasteiger partial charge in [0.05, 0.1) is 3.57 Å². The number of hydrogen-bond acceptors (Lipinski definition) is 4. The Morgan fingerprint density at radius 1 is 1.19 bits per heavy atom. The lowest BCUT2D eigenvalue weighted by Crippen LogP contribution is -2.49. The molecule has 7 heteroatoms. The van der Waals surface area contributed by atoms with Gasteiger partial charge in [-0.2, -0.15) is 5.26 Å². The van der Waals surface area contributed by atoms with Crippen molar-refractivity contribution < 1.29 is 9.90 Å². The number of rotatable bonds is 3. The van der Waals surface area contributed by atoms with E-state index in [0.29, 0.717) is 35.3 Å². The molecule has 0 atom stereocenters. The predicted molar refractivity (Wildman–Crippen MR) is 117 cm³/mol. The van der Waals surface area contributed by atoms with Crippen LogP contribution in [0.4, 0.5) is 5.69 Å². The Labute approximate surface area is 180 Å². The third kappa shape index (κ3) is 4.62. The number of aromatic hydroxyl groups is 1. The van der Waals surface area contributed by atoms with Gasteiger partial charge in [0.15, 0.2) is 0 Å². The Bertz CT molecular complexity index is 917. The van der Waals surface area contributed by atoms with Gasteiger partial charge in [-0.25, -0.2) is 0 Å². The molecule has 0 bridgehead atoms. The average Bonchev–Trinajstić information content (AvgIpc) is 2.70. The zero-order chi connectivity index (χ0) is 19.4. The van der Waals surface area contributed by atoms with E-state index >= 15 is 0 Å². The van der Waals surface area contributed by atoms with E-state index in [1.165, 1.54) is 6.08 Å². The fourth-order valence-corrected chi connectivity index (χ4v) is 4.52. The third-order valence-corrected chi connectivity index (χ3v) is 5.68. The maximum atomic E-state index is 12.8. The summed E-state index contributed by atoms with van der Waals surface area (Å²) in [7, 11) is 0. The molecule has 0 aliphatic carbocycles. The van der Waals surface area contributed by atoms with Crippen LogP contribution in [0.1, 0.15) is 5.56 Å². The third-order valence-electron chi connectivity index (χ3n) is 4.40. The first-order valence-corrected chi connectivity index (χ1v) is 10.3. The van der Waals surface area contributed by atoms with Crippen molar-refractivity contribution in [3.05, 3.63) is 61.6 Å². The van der Waals surface area contributed by atoms with E-state index in [0.717, 1.165) is 10.2 Å². The van der Waals surface area contributed by atoms with Crippen molar-refractivity contribution in [2.24, 2.45) is 0 Å². The van der Waals surface area contributed by atoms with E-state index in [9.17, 15) is 15.2 Å². The summed E-state index contributed by atoms with van der Waals surface area (Å²) in [4.78, 5) is 16.7. The predicted octanol–water partition coefficient (Wildman–Crippen LogP) is 4.02. The molecule has 1 amide bonds. The lowest BCUT2D eigenvalue weighted by molar-refractivity contribution is -0.126. The van der Waals surface area contributed by atoms with Crippen LogP contribution in [0.15, 0.2) is 52.5 Å². The summed E-state index contributed by atoms with van der Waals surface area (Å²) in [5.74, 6) is -0.243. The summed E-state index contributed by atoms with van der Waals surface area (Å²) < 4.78 is 1.42. The Morgan fingerprint density at radius 3 is 2.48 bits per heavy atom. The molecule has 2 aromatic rings. The molecule has 27 heavy (non-hydrogen) atoms. The van der Waals surface area contributed by atoms with Crippen LogP contribution in [0.3, 0.4) is 0 Å². The summed E-state index contributed by atoms with van der Waals surface area (Å²) in [6.45, 7) is 2.53. The van der Waals surface area contributed by atoms with Crippen LogP contribution < -0.4 is 4.90 Å². The monoisotopic (exact) mass is 537 g/mol. The zero-order valence-electron chi connectivity index (χ0n) is 14.4. The molecular weight excluding hydrogens is 521 g/mol. The highest BCUT2D eigenvalue weighted by atomic mass is 127. The number of piperazine rings is 1. The molecule has 0 radical (unpaired) electrons. The maximum Gasteiger partial charge on any atom is 0.264 e. The molecule has 2 aromatic carbocycles. The minimum absolute atomic E-state index is 0.0207. The molecule has 1 aliphatic rings. The first-order valence-electron chi connectivity index (χ1n) is 8.38.